The molecular formula is C20H23N3O3. The molecule has 0 radical (unpaired) electrons. The highest BCUT2D eigenvalue weighted by Crippen LogP contribution is 2.04. The van der Waals surface area contributed by atoms with Crippen molar-refractivity contribution >= 4 is 17.7 Å². The monoisotopic (exact) mass is 353 g/mol. The average Bonchev–Trinajstić information content (AvgIpc) is 2.65. The van der Waals surface area contributed by atoms with Gasteiger partial charge in [-0.1, -0.05) is 60.7 Å². The van der Waals surface area contributed by atoms with Crippen LogP contribution < -0.4 is 16.0 Å². The van der Waals surface area contributed by atoms with E-state index < -0.39 is 11.9 Å². The fourth-order valence-electron chi connectivity index (χ4n) is 2.42. The Balaban J connectivity index is 1.99. The van der Waals surface area contributed by atoms with Crippen LogP contribution >= 0.6 is 0 Å². The van der Waals surface area contributed by atoms with Gasteiger partial charge in [-0.3, -0.25) is 14.4 Å². The molecule has 0 heterocycles. The molecule has 0 aliphatic carbocycles. The molecule has 6 heteroatoms. The van der Waals surface area contributed by atoms with Gasteiger partial charge in [0.05, 0.1) is 6.54 Å². The molecule has 0 aromatic heterocycles. The summed E-state index contributed by atoms with van der Waals surface area (Å²) >= 11 is 0. The summed E-state index contributed by atoms with van der Waals surface area (Å²) in [4.78, 5) is 35.6. The first-order chi connectivity index (χ1) is 12.5. The number of hydrogen-bond donors (Lipinski definition) is 3. The zero-order chi connectivity index (χ0) is 18.8. The van der Waals surface area contributed by atoms with Crippen molar-refractivity contribution in [2.45, 2.75) is 25.9 Å². The summed E-state index contributed by atoms with van der Waals surface area (Å²) in [6, 6.07) is 18.3. The summed E-state index contributed by atoms with van der Waals surface area (Å²) < 4.78 is 0. The average molecular weight is 353 g/mol. The van der Waals surface area contributed by atoms with Crippen LogP contribution in [-0.2, 0) is 27.3 Å². The van der Waals surface area contributed by atoms with Gasteiger partial charge < -0.3 is 16.0 Å². The highest BCUT2D eigenvalue weighted by atomic mass is 16.2. The van der Waals surface area contributed by atoms with Gasteiger partial charge in [-0.05, 0) is 11.1 Å². The van der Waals surface area contributed by atoms with Crippen LogP contribution in [0.4, 0.5) is 0 Å². The molecule has 3 N–H and O–H groups in total. The van der Waals surface area contributed by atoms with E-state index in [2.05, 4.69) is 16.0 Å². The van der Waals surface area contributed by atoms with E-state index in [1.54, 1.807) is 0 Å². The lowest BCUT2D eigenvalue weighted by molar-refractivity contribution is -0.129. The predicted octanol–water partition coefficient (Wildman–Crippen LogP) is 1.17. The molecule has 0 saturated heterocycles. The molecule has 1 atom stereocenters. The quantitative estimate of drug-likeness (QED) is 0.666. The van der Waals surface area contributed by atoms with Crippen LogP contribution in [0.2, 0.25) is 0 Å². The lowest BCUT2D eigenvalue weighted by atomic mass is 10.0. The van der Waals surface area contributed by atoms with Crippen molar-refractivity contribution in [1.29, 1.82) is 0 Å². The van der Waals surface area contributed by atoms with E-state index >= 15 is 0 Å². The minimum Gasteiger partial charge on any atom is -0.350 e. The molecule has 0 aliphatic rings. The van der Waals surface area contributed by atoms with Gasteiger partial charge in [0.2, 0.25) is 17.7 Å². The Hall–Kier alpha value is -3.15. The van der Waals surface area contributed by atoms with Gasteiger partial charge in [-0.25, -0.2) is 0 Å². The highest BCUT2D eigenvalue weighted by Gasteiger charge is 2.21. The summed E-state index contributed by atoms with van der Waals surface area (Å²) in [6.45, 7) is 1.56. The third-order valence-corrected chi connectivity index (χ3v) is 3.74. The molecule has 0 unspecified atom stereocenters. The van der Waals surface area contributed by atoms with Crippen LogP contribution in [0.1, 0.15) is 18.1 Å². The Bertz CT molecular complexity index is 732. The zero-order valence-electron chi connectivity index (χ0n) is 14.7. The van der Waals surface area contributed by atoms with E-state index in [1.807, 2.05) is 60.7 Å². The van der Waals surface area contributed by atoms with Gasteiger partial charge in [-0.15, -0.1) is 0 Å². The van der Waals surface area contributed by atoms with Gasteiger partial charge >= 0.3 is 0 Å². The van der Waals surface area contributed by atoms with Crippen molar-refractivity contribution in [2.75, 3.05) is 6.54 Å². The first kappa shape index (κ1) is 19.2. The van der Waals surface area contributed by atoms with E-state index in [9.17, 15) is 14.4 Å². The number of hydrogen-bond acceptors (Lipinski definition) is 3. The van der Waals surface area contributed by atoms with Gasteiger partial charge in [-0.2, -0.15) is 0 Å². The standard InChI is InChI=1S/C20H23N3O3/c1-15(24)21-14-19(25)23-18(12-16-8-4-2-5-9-16)20(26)22-13-17-10-6-3-7-11-17/h2-11,18H,12-14H2,1H3,(H,21,24)(H,22,26)(H,23,25)/t18-/m0/s1. The van der Waals surface area contributed by atoms with E-state index in [1.165, 1.54) is 6.92 Å². The van der Waals surface area contributed by atoms with E-state index in [0.717, 1.165) is 11.1 Å². The van der Waals surface area contributed by atoms with Gasteiger partial charge in [0.1, 0.15) is 6.04 Å². The zero-order valence-corrected chi connectivity index (χ0v) is 14.7. The van der Waals surface area contributed by atoms with Crippen molar-refractivity contribution < 1.29 is 14.4 Å². The molecule has 0 saturated carbocycles. The number of rotatable bonds is 8. The first-order valence-electron chi connectivity index (χ1n) is 8.44. The topological polar surface area (TPSA) is 87.3 Å². The summed E-state index contributed by atoms with van der Waals surface area (Å²) in [7, 11) is 0. The molecule has 6 nitrogen and oxygen atoms in total. The third kappa shape index (κ3) is 6.76. The molecule has 26 heavy (non-hydrogen) atoms. The summed E-state index contributed by atoms with van der Waals surface area (Å²) in [5.74, 6) is -0.974. The minimum absolute atomic E-state index is 0.160. The molecule has 0 aliphatic heterocycles. The second kappa shape index (κ2) is 9.98. The Morgan fingerprint density at radius 1 is 0.846 bits per heavy atom. The maximum absolute atomic E-state index is 12.6. The van der Waals surface area contributed by atoms with Crippen molar-refractivity contribution in [3.05, 3.63) is 71.8 Å². The van der Waals surface area contributed by atoms with Gasteiger partial charge in [0.25, 0.3) is 0 Å². The van der Waals surface area contributed by atoms with Crippen molar-refractivity contribution in [3.8, 4) is 0 Å². The minimum atomic E-state index is -0.720. The fraction of sp³-hybridized carbons (Fsp3) is 0.250. The SMILES string of the molecule is CC(=O)NCC(=O)N[C@@H](Cc1ccccc1)C(=O)NCc1ccccc1. The van der Waals surface area contributed by atoms with Crippen LogP contribution in [0.3, 0.4) is 0 Å². The summed E-state index contributed by atoms with van der Waals surface area (Å²) in [6.07, 6.45) is 0.368. The molecule has 0 spiro atoms. The predicted molar refractivity (Wildman–Crippen MR) is 99.0 cm³/mol. The number of benzene rings is 2. The van der Waals surface area contributed by atoms with Crippen molar-refractivity contribution in [2.24, 2.45) is 0 Å². The number of carbonyl (C=O) groups is 3. The van der Waals surface area contributed by atoms with Crippen LogP contribution in [-0.4, -0.2) is 30.3 Å². The second-order valence-electron chi connectivity index (χ2n) is 5.92. The third-order valence-electron chi connectivity index (χ3n) is 3.74. The Morgan fingerprint density at radius 2 is 1.42 bits per heavy atom. The van der Waals surface area contributed by atoms with Gasteiger partial charge in [0, 0.05) is 19.9 Å². The highest BCUT2D eigenvalue weighted by molar-refractivity contribution is 5.90. The number of carbonyl (C=O) groups excluding carboxylic acids is 3. The Kier molecular flexibility index (Phi) is 7.36. The Labute approximate surface area is 153 Å². The van der Waals surface area contributed by atoms with Crippen LogP contribution in [0, 0.1) is 0 Å². The molecule has 3 amide bonds. The first-order valence-corrected chi connectivity index (χ1v) is 8.44. The maximum Gasteiger partial charge on any atom is 0.243 e. The normalized spacial score (nSPS) is 11.3. The van der Waals surface area contributed by atoms with Crippen LogP contribution in [0.5, 0.6) is 0 Å². The molecule has 0 fully saturated rings. The lowest BCUT2D eigenvalue weighted by Crippen LogP contribution is -2.50. The molecule has 0 bridgehead atoms. The maximum atomic E-state index is 12.6. The van der Waals surface area contributed by atoms with Crippen LogP contribution in [0.15, 0.2) is 60.7 Å². The second-order valence-corrected chi connectivity index (χ2v) is 5.92. The lowest BCUT2D eigenvalue weighted by Gasteiger charge is -2.19. The van der Waals surface area contributed by atoms with E-state index in [-0.39, 0.29) is 18.4 Å². The molecular weight excluding hydrogens is 330 g/mol. The fourth-order valence-corrected chi connectivity index (χ4v) is 2.42. The number of nitrogens with one attached hydrogen (secondary N) is 3. The van der Waals surface area contributed by atoms with Crippen LogP contribution in [0.25, 0.3) is 0 Å². The Morgan fingerprint density at radius 3 is 2.00 bits per heavy atom. The molecule has 2 aromatic carbocycles. The molecule has 136 valence electrons. The molecule has 2 rings (SSSR count). The van der Waals surface area contributed by atoms with E-state index in [4.69, 9.17) is 0 Å². The summed E-state index contributed by atoms with van der Waals surface area (Å²) in [5.41, 5.74) is 1.91. The van der Waals surface area contributed by atoms with Crippen molar-refractivity contribution in [3.63, 3.8) is 0 Å². The van der Waals surface area contributed by atoms with E-state index in [0.29, 0.717) is 13.0 Å². The van der Waals surface area contributed by atoms with Crippen molar-refractivity contribution in [1.82, 2.24) is 16.0 Å². The number of amides is 3. The summed E-state index contributed by atoms with van der Waals surface area (Å²) in [5, 5.41) is 7.97. The van der Waals surface area contributed by atoms with Gasteiger partial charge in [0.15, 0.2) is 0 Å². The molecule has 2 aromatic rings. The smallest absolute Gasteiger partial charge is 0.243 e. The largest absolute Gasteiger partial charge is 0.350 e.